The van der Waals surface area contributed by atoms with E-state index in [-0.39, 0.29) is 0 Å². The molecule has 0 bridgehead atoms. The van der Waals surface area contributed by atoms with Gasteiger partial charge in [0.2, 0.25) is 5.88 Å². The molecule has 6 heteroatoms. The highest BCUT2D eigenvalue weighted by molar-refractivity contribution is 5.38. The van der Waals surface area contributed by atoms with Gasteiger partial charge in [0.05, 0.1) is 6.61 Å². The zero-order chi connectivity index (χ0) is 14.7. The van der Waals surface area contributed by atoms with E-state index in [1.807, 2.05) is 37.3 Å². The van der Waals surface area contributed by atoms with Crippen molar-refractivity contribution in [1.29, 1.82) is 0 Å². The monoisotopic (exact) mass is 284 g/mol. The summed E-state index contributed by atoms with van der Waals surface area (Å²) in [5.74, 6) is 1.98. The van der Waals surface area contributed by atoms with E-state index in [1.54, 1.807) is 17.7 Å². The summed E-state index contributed by atoms with van der Waals surface area (Å²) in [5, 5.41) is 12.3. The van der Waals surface area contributed by atoms with Crippen molar-refractivity contribution in [2.45, 2.75) is 13.3 Å². The predicted molar refractivity (Wildman–Crippen MR) is 77.6 cm³/mol. The summed E-state index contributed by atoms with van der Waals surface area (Å²) in [6.07, 6.45) is 0.890. The molecule has 0 saturated carbocycles. The second kappa shape index (κ2) is 5.88. The lowest BCUT2D eigenvalue weighted by Gasteiger charge is -2.06. The van der Waals surface area contributed by atoms with Crippen molar-refractivity contribution in [1.82, 2.24) is 19.8 Å². The van der Waals surface area contributed by atoms with Crippen molar-refractivity contribution in [3.63, 3.8) is 0 Å². The van der Waals surface area contributed by atoms with Gasteiger partial charge in [-0.2, -0.15) is 4.52 Å². The molecule has 0 fully saturated rings. The topological polar surface area (TPSA) is 61.5 Å². The summed E-state index contributed by atoms with van der Waals surface area (Å²) in [4.78, 5) is 0. The second-order valence-electron chi connectivity index (χ2n) is 4.68. The minimum Gasteiger partial charge on any atom is -0.438 e. The second-order valence-corrected chi connectivity index (χ2v) is 4.68. The van der Waals surface area contributed by atoms with Crippen LogP contribution in [-0.4, -0.2) is 33.5 Å². The Bertz CT molecular complexity index is 737. The largest absolute Gasteiger partial charge is 0.438 e. The molecule has 0 spiro atoms. The fraction of sp³-hybridized carbons (Fsp3) is 0.267. The normalized spacial score (nSPS) is 11.0. The van der Waals surface area contributed by atoms with Crippen molar-refractivity contribution >= 4 is 5.65 Å². The first-order chi connectivity index (χ1) is 10.3. The number of fused-ring (bicyclic) bond motifs is 1. The van der Waals surface area contributed by atoms with Crippen LogP contribution in [0, 0.1) is 6.92 Å². The Kier molecular flexibility index (Phi) is 3.79. The molecule has 3 rings (SSSR count). The third-order valence-corrected chi connectivity index (χ3v) is 3.13. The molecule has 108 valence electrons. The van der Waals surface area contributed by atoms with E-state index in [2.05, 4.69) is 15.3 Å². The Morgan fingerprint density at radius 1 is 1.05 bits per heavy atom. The van der Waals surface area contributed by atoms with E-state index in [9.17, 15) is 0 Å². The Balaban J connectivity index is 1.76. The van der Waals surface area contributed by atoms with Gasteiger partial charge in [-0.05, 0) is 37.1 Å². The fourth-order valence-corrected chi connectivity index (χ4v) is 2.00. The van der Waals surface area contributed by atoms with Crippen molar-refractivity contribution in [3.8, 4) is 11.6 Å². The molecule has 0 aliphatic rings. The molecule has 3 aromatic rings. The third kappa shape index (κ3) is 3.00. The summed E-state index contributed by atoms with van der Waals surface area (Å²) >= 11 is 0. The number of methoxy groups -OCH3 is 1. The van der Waals surface area contributed by atoms with Gasteiger partial charge in [-0.1, -0.05) is 12.1 Å². The van der Waals surface area contributed by atoms with Crippen molar-refractivity contribution in [3.05, 3.63) is 47.8 Å². The standard InChI is InChI=1S/C15H16N4O2/c1-11-16-17-14-7-8-15(18-19(11)14)21-13-5-3-12(4-6-13)9-10-20-2/h3-8H,9-10H2,1-2H3. The van der Waals surface area contributed by atoms with Gasteiger partial charge in [-0.3, -0.25) is 0 Å². The Hall–Kier alpha value is -2.47. The molecule has 0 N–H and O–H groups in total. The van der Waals surface area contributed by atoms with Crippen LogP contribution in [-0.2, 0) is 11.2 Å². The maximum absolute atomic E-state index is 5.75. The van der Waals surface area contributed by atoms with Crippen LogP contribution in [0.25, 0.3) is 5.65 Å². The van der Waals surface area contributed by atoms with Gasteiger partial charge in [0.1, 0.15) is 5.75 Å². The SMILES string of the molecule is COCCc1ccc(Oc2ccc3nnc(C)n3n2)cc1. The zero-order valence-corrected chi connectivity index (χ0v) is 12.0. The van der Waals surface area contributed by atoms with Crippen LogP contribution in [0.1, 0.15) is 11.4 Å². The van der Waals surface area contributed by atoms with Crippen molar-refractivity contribution < 1.29 is 9.47 Å². The fourth-order valence-electron chi connectivity index (χ4n) is 2.00. The number of hydrogen-bond acceptors (Lipinski definition) is 5. The Morgan fingerprint density at radius 2 is 1.86 bits per heavy atom. The van der Waals surface area contributed by atoms with Crippen LogP contribution >= 0.6 is 0 Å². The van der Waals surface area contributed by atoms with Gasteiger partial charge in [0, 0.05) is 13.2 Å². The highest BCUT2D eigenvalue weighted by Gasteiger charge is 2.05. The van der Waals surface area contributed by atoms with Gasteiger partial charge in [0.15, 0.2) is 11.5 Å². The van der Waals surface area contributed by atoms with Crippen molar-refractivity contribution in [2.75, 3.05) is 13.7 Å². The predicted octanol–water partition coefficient (Wildman–Crippen LogP) is 2.41. The average molecular weight is 284 g/mol. The first-order valence-electron chi connectivity index (χ1n) is 6.71. The number of hydrogen-bond donors (Lipinski definition) is 0. The molecule has 0 saturated heterocycles. The Morgan fingerprint density at radius 3 is 2.62 bits per heavy atom. The number of ether oxygens (including phenoxy) is 2. The summed E-state index contributed by atoms with van der Waals surface area (Å²) in [5.41, 5.74) is 1.91. The summed E-state index contributed by atoms with van der Waals surface area (Å²) in [6.45, 7) is 2.56. The van der Waals surface area contributed by atoms with Crippen LogP contribution < -0.4 is 4.74 Å². The minimum absolute atomic E-state index is 0.509. The lowest BCUT2D eigenvalue weighted by Crippen LogP contribution is -1.97. The minimum atomic E-state index is 0.509. The molecule has 2 heterocycles. The van der Waals surface area contributed by atoms with E-state index in [0.29, 0.717) is 18.1 Å². The van der Waals surface area contributed by atoms with E-state index in [0.717, 1.165) is 18.0 Å². The number of nitrogens with zero attached hydrogens (tertiary/aromatic N) is 4. The highest BCUT2D eigenvalue weighted by atomic mass is 16.5. The van der Waals surface area contributed by atoms with Gasteiger partial charge in [-0.25, -0.2) is 0 Å². The molecule has 0 radical (unpaired) electrons. The summed E-state index contributed by atoms with van der Waals surface area (Å²) < 4.78 is 12.5. The number of aryl methyl sites for hydroxylation is 1. The lowest BCUT2D eigenvalue weighted by molar-refractivity contribution is 0.202. The summed E-state index contributed by atoms with van der Waals surface area (Å²) in [6, 6.07) is 11.5. The molecule has 21 heavy (non-hydrogen) atoms. The third-order valence-electron chi connectivity index (χ3n) is 3.13. The maximum atomic E-state index is 5.75. The van der Waals surface area contributed by atoms with Crippen LogP contribution in [0.5, 0.6) is 11.6 Å². The molecule has 6 nitrogen and oxygen atoms in total. The quantitative estimate of drug-likeness (QED) is 0.720. The maximum Gasteiger partial charge on any atom is 0.237 e. The van der Waals surface area contributed by atoms with Crippen LogP contribution in [0.3, 0.4) is 0 Å². The van der Waals surface area contributed by atoms with Crippen molar-refractivity contribution in [2.24, 2.45) is 0 Å². The highest BCUT2D eigenvalue weighted by Crippen LogP contribution is 2.20. The van der Waals surface area contributed by atoms with Crippen LogP contribution in [0.4, 0.5) is 0 Å². The van der Waals surface area contributed by atoms with Gasteiger partial charge in [-0.15, -0.1) is 15.3 Å². The van der Waals surface area contributed by atoms with Gasteiger partial charge < -0.3 is 9.47 Å². The molecule has 0 aliphatic heterocycles. The van der Waals surface area contributed by atoms with Crippen LogP contribution in [0.15, 0.2) is 36.4 Å². The molecule has 0 aliphatic carbocycles. The Labute approximate surface area is 122 Å². The first-order valence-corrected chi connectivity index (χ1v) is 6.71. The van der Waals surface area contributed by atoms with E-state index in [4.69, 9.17) is 9.47 Å². The molecular formula is C15H16N4O2. The van der Waals surface area contributed by atoms with E-state index < -0.39 is 0 Å². The molecule has 0 atom stereocenters. The van der Waals surface area contributed by atoms with E-state index >= 15 is 0 Å². The van der Waals surface area contributed by atoms with Gasteiger partial charge >= 0.3 is 0 Å². The molecular weight excluding hydrogens is 268 g/mol. The first kappa shape index (κ1) is 13.5. The average Bonchev–Trinajstić information content (AvgIpc) is 2.88. The zero-order valence-electron chi connectivity index (χ0n) is 12.0. The number of rotatable bonds is 5. The number of aromatic nitrogens is 4. The summed E-state index contributed by atoms with van der Waals surface area (Å²) in [7, 11) is 1.70. The smallest absolute Gasteiger partial charge is 0.237 e. The van der Waals surface area contributed by atoms with Crippen LogP contribution in [0.2, 0.25) is 0 Å². The number of benzene rings is 1. The molecule has 2 aromatic heterocycles. The molecule has 1 aromatic carbocycles. The van der Waals surface area contributed by atoms with Gasteiger partial charge in [0.25, 0.3) is 0 Å². The molecule has 0 amide bonds. The molecule has 0 unspecified atom stereocenters. The van der Waals surface area contributed by atoms with E-state index in [1.165, 1.54) is 5.56 Å². The lowest BCUT2D eigenvalue weighted by atomic mass is 10.1.